The maximum Gasteiger partial charge on any atom is 0.146 e. The van der Waals surface area contributed by atoms with Crippen molar-refractivity contribution in [2.45, 2.75) is 103 Å². The Kier molecular flexibility index (Phi) is 21.0. The van der Waals surface area contributed by atoms with Gasteiger partial charge < -0.3 is 9.47 Å². The molecule has 0 saturated heterocycles. The Bertz CT molecular complexity index is 245. The molecule has 0 aliphatic carbocycles. The van der Waals surface area contributed by atoms with Crippen LogP contribution in [0.4, 0.5) is 0 Å². The summed E-state index contributed by atoms with van der Waals surface area (Å²) in [7, 11) is 0. The highest BCUT2D eigenvalue weighted by molar-refractivity contribution is 4.82. The third-order valence-electron chi connectivity index (χ3n) is 4.17. The van der Waals surface area contributed by atoms with E-state index < -0.39 is 0 Å². The Hall–Kier alpha value is -0.520. The Morgan fingerprint density at radius 3 is 1.52 bits per heavy atom. The molecule has 136 valence electrons. The molecule has 0 amide bonds. The van der Waals surface area contributed by atoms with E-state index in [1.165, 1.54) is 83.5 Å². The molecule has 2 heteroatoms. The molecule has 0 spiro atoms. The van der Waals surface area contributed by atoms with Crippen LogP contribution >= 0.6 is 0 Å². The standard InChI is InChI=1S/C21H40O2/c1-3-5-7-9-11-12-13-14-16-18-20-23-21-22-19-17-15-10-8-6-4-2/h1H,4-21H2,2H3. The van der Waals surface area contributed by atoms with Gasteiger partial charge in [-0.3, -0.25) is 0 Å². The van der Waals surface area contributed by atoms with Gasteiger partial charge >= 0.3 is 0 Å². The molecule has 0 atom stereocenters. The van der Waals surface area contributed by atoms with Gasteiger partial charge in [0, 0.05) is 19.6 Å². The monoisotopic (exact) mass is 324 g/mol. The molecule has 2 nitrogen and oxygen atoms in total. The molecular weight excluding hydrogens is 284 g/mol. The summed E-state index contributed by atoms with van der Waals surface area (Å²) in [6.45, 7) is 4.43. The van der Waals surface area contributed by atoms with Gasteiger partial charge in [0.1, 0.15) is 6.79 Å². The molecule has 0 N–H and O–H groups in total. The van der Waals surface area contributed by atoms with Crippen LogP contribution in [0.15, 0.2) is 0 Å². The predicted octanol–water partition coefficient (Wildman–Crippen LogP) is 6.48. The maximum absolute atomic E-state index is 5.51. The highest BCUT2D eigenvalue weighted by Crippen LogP contribution is 2.09. The molecule has 0 aromatic carbocycles. The van der Waals surface area contributed by atoms with E-state index in [2.05, 4.69) is 12.8 Å². The fourth-order valence-electron chi connectivity index (χ4n) is 2.65. The molecular formula is C21H40O2. The van der Waals surface area contributed by atoms with Gasteiger partial charge in [0.2, 0.25) is 0 Å². The summed E-state index contributed by atoms with van der Waals surface area (Å²) in [5, 5.41) is 0. The Labute approximate surface area is 145 Å². The lowest BCUT2D eigenvalue weighted by molar-refractivity contribution is -0.0556. The van der Waals surface area contributed by atoms with Crippen molar-refractivity contribution in [3.63, 3.8) is 0 Å². The first-order chi connectivity index (χ1) is 11.4. The van der Waals surface area contributed by atoms with E-state index in [0.717, 1.165) is 26.1 Å². The lowest BCUT2D eigenvalue weighted by atomic mass is 10.1. The zero-order chi connectivity index (χ0) is 16.8. The maximum atomic E-state index is 5.51. The Balaban J connectivity index is 2.94. The van der Waals surface area contributed by atoms with Gasteiger partial charge in [-0.1, -0.05) is 77.6 Å². The predicted molar refractivity (Wildman–Crippen MR) is 101 cm³/mol. The Morgan fingerprint density at radius 1 is 0.609 bits per heavy atom. The number of rotatable bonds is 19. The molecule has 0 aliphatic heterocycles. The average molecular weight is 325 g/mol. The van der Waals surface area contributed by atoms with E-state index in [1.54, 1.807) is 0 Å². The van der Waals surface area contributed by atoms with Crippen LogP contribution in [0.25, 0.3) is 0 Å². The Morgan fingerprint density at radius 2 is 1.04 bits per heavy atom. The zero-order valence-electron chi connectivity index (χ0n) is 15.6. The van der Waals surface area contributed by atoms with Crippen molar-refractivity contribution in [3.05, 3.63) is 0 Å². The minimum atomic E-state index is 0.476. The van der Waals surface area contributed by atoms with Crippen molar-refractivity contribution in [3.8, 4) is 12.3 Å². The molecule has 0 aromatic heterocycles. The van der Waals surface area contributed by atoms with E-state index in [4.69, 9.17) is 15.9 Å². The fourth-order valence-corrected chi connectivity index (χ4v) is 2.65. The van der Waals surface area contributed by atoms with Crippen molar-refractivity contribution in [1.29, 1.82) is 0 Å². The van der Waals surface area contributed by atoms with Gasteiger partial charge in [-0.2, -0.15) is 0 Å². The first kappa shape index (κ1) is 22.5. The third kappa shape index (κ3) is 21.5. The molecule has 23 heavy (non-hydrogen) atoms. The van der Waals surface area contributed by atoms with Gasteiger partial charge in [-0.25, -0.2) is 0 Å². The number of unbranched alkanes of at least 4 members (excludes halogenated alkanes) is 13. The highest BCUT2D eigenvalue weighted by atomic mass is 16.7. The number of ether oxygens (including phenoxy) is 2. The topological polar surface area (TPSA) is 18.5 Å². The molecule has 0 heterocycles. The van der Waals surface area contributed by atoms with E-state index >= 15 is 0 Å². The normalized spacial score (nSPS) is 10.8. The average Bonchev–Trinajstić information content (AvgIpc) is 2.57. The number of hydrogen-bond acceptors (Lipinski definition) is 2. The molecule has 0 unspecified atom stereocenters. The van der Waals surface area contributed by atoms with Crippen LogP contribution in [0, 0.1) is 12.3 Å². The molecule has 0 aromatic rings. The van der Waals surface area contributed by atoms with Gasteiger partial charge in [0.15, 0.2) is 0 Å². The smallest absolute Gasteiger partial charge is 0.146 e. The molecule has 0 saturated carbocycles. The van der Waals surface area contributed by atoms with Crippen LogP contribution in [0.3, 0.4) is 0 Å². The first-order valence-electron chi connectivity index (χ1n) is 10.0. The van der Waals surface area contributed by atoms with Crippen LogP contribution < -0.4 is 0 Å². The first-order valence-corrected chi connectivity index (χ1v) is 10.0. The SMILES string of the molecule is C#CCCCCCCCCCCOCOCCCCCCCC. The minimum absolute atomic E-state index is 0.476. The summed E-state index contributed by atoms with van der Waals surface area (Å²) in [6, 6.07) is 0. The zero-order valence-corrected chi connectivity index (χ0v) is 15.6. The minimum Gasteiger partial charge on any atom is -0.355 e. The second-order valence-corrected chi connectivity index (χ2v) is 6.48. The van der Waals surface area contributed by atoms with Crippen molar-refractivity contribution in [2.75, 3.05) is 20.0 Å². The summed E-state index contributed by atoms with van der Waals surface area (Å²) in [5.41, 5.74) is 0. The van der Waals surface area contributed by atoms with Crippen molar-refractivity contribution < 1.29 is 9.47 Å². The van der Waals surface area contributed by atoms with E-state index in [1.807, 2.05) is 0 Å². The van der Waals surface area contributed by atoms with Crippen LogP contribution in [-0.2, 0) is 9.47 Å². The molecule has 0 bridgehead atoms. The van der Waals surface area contributed by atoms with Crippen molar-refractivity contribution in [2.24, 2.45) is 0 Å². The third-order valence-corrected chi connectivity index (χ3v) is 4.17. The van der Waals surface area contributed by atoms with Crippen LogP contribution in [0.2, 0.25) is 0 Å². The van der Waals surface area contributed by atoms with E-state index in [0.29, 0.717) is 6.79 Å². The van der Waals surface area contributed by atoms with Gasteiger partial charge in [-0.05, 0) is 19.3 Å². The van der Waals surface area contributed by atoms with Gasteiger partial charge in [0.05, 0.1) is 0 Å². The van der Waals surface area contributed by atoms with E-state index in [9.17, 15) is 0 Å². The quantitative estimate of drug-likeness (QED) is 0.154. The summed E-state index contributed by atoms with van der Waals surface area (Å²) in [4.78, 5) is 0. The molecule has 0 rings (SSSR count). The van der Waals surface area contributed by atoms with Gasteiger partial charge in [0.25, 0.3) is 0 Å². The summed E-state index contributed by atoms with van der Waals surface area (Å²) in [6.07, 6.45) is 24.4. The second-order valence-electron chi connectivity index (χ2n) is 6.48. The van der Waals surface area contributed by atoms with Crippen molar-refractivity contribution >= 4 is 0 Å². The summed E-state index contributed by atoms with van der Waals surface area (Å²) >= 11 is 0. The van der Waals surface area contributed by atoms with Crippen LogP contribution in [0.5, 0.6) is 0 Å². The lowest BCUT2D eigenvalue weighted by Crippen LogP contribution is -2.03. The summed E-state index contributed by atoms with van der Waals surface area (Å²) in [5.74, 6) is 2.70. The van der Waals surface area contributed by atoms with Crippen LogP contribution in [0.1, 0.15) is 103 Å². The molecule has 0 aliphatic rings. The second kappa shape index (κ2) is 21.5. The number of terminal acetylenes is 1. The van der Waals surface area contributed by atoms with Crippen LogP contribution in [-0.4, -0.2) is 20.0 Å². The largest absolute Gasteiger partial charge is 0.355 e. The molecule has 0 fully saturated rings. The highest BCUT2D eigenvalue weighted by Gasteiger charge is 1.94. The fraction of sp³-hybridized carbons (Fsp3) is 0.905. The molecule has 0 radical (unpaired) electrons. The van der Waals surface area contributed by atoms with Crippen molar-refractivity contribution in [1.82, 2.24) is 0 Å². The number of hydrogen-bond donors (Lipinski definition) is 0. The summed E-state index contributed by atoms with van der Waals surface area (Å²) < 4.78 is 11.0. The van der Waals surface area contributed by atoms with E-state index in [-0.39, 0.29) is 0 Å². The lowest BCUT2D eigenvalue weighted by Gasteiger charge is -2.06. The van der Waals surface area contributed by atoms with Gasteiger partial charge in [-0.15, -0.1) is 12.3 Å².